The molecular formula is C15H18N2. The Labute approximate surface area is 102 Å². The van der Waals surface area contributed by atoms with E-state index in [9.17, 15) is 0 Å². The molecule has 3 N–H and O–H groups in total. The maximum absolute atomic E-state index is 5.69. The number of aryl methyl sites for hydroxylation is 2. The molecule has 0 spiro atoms. The average Bonchev–Trinajstić information content (AvgIpc) is 2.30. The molecule has 2 aromatic carbocycles. The van der Waals surface area contributed by atoms with Crippen LogP contribution in [0, 0.1) is 13.8 Å². The van der Waals surface area contributed by atoms with Crippen LogP contribution in [0.1, 0.15) is 28.3 Å². The van der Waals surface area contributed by atoms with E-state index in [1.165, 1.54) is 22.3 Å². The van der Waals surface area contributed by atoms with Gasteiger partial charge in [-0.2, -0.15) is 0 Å². The molecule has 88 valence electrons. The monoisotopic (exact) mass is 226 g/mol. The molecule has 0 bridgehead atoms. The molecule has 2 heteroatoms. The van der Waals surface area contributed by atoms with Gasteiger partial charge in [0, 0.05) is 0 Å². The Morgan fingerprint density at radius 2 is 1.35 bits per heavy atom. The minimum atomic E-state index is 0.0507. The molecule has 0 aromatic heterocycles. The number of benzene rings is 2. The Hall–Kier alpha value is -1.64. The van der Waals surface area contributed by atoms with E-state index in [0.717, 1.165) is 0 Å². The molecule has 2 rings (SSSR count). The van der Waals surface area contributed by atoms with Crippen molar-refractivity contribution in [1.82, 2.24) is 5.43 Å². The highest BCUT2D eigenvalue weighted by atomic mass is 15.2. The lowest BCUT2D eigenvalue weighted by Crippen LogP contribution is -2.28. The van der Waals surface area contributed by atoms with Crippen molar-refractivity contribution in [2.75, 3.05) is 0 Å². The second kappa shape index (κ2) is 5.13. The van der Waals surface area contributed by atoms with Crippen LogP contribution >= 0.6 is 0 Å². The Morgan fingerprint density at radius 1 is 0.882 bits per heavy atom. The van der Waals surface area contributed by atoms with Crippen molar-refractivity contribution < 1.29 is 0 Å². The fourth-order valence-electron chi connectivity index (χ4n) is 2.08. The van der Waals surface area contributed by atoms with Crippen molar-refractivity contribution in [3.63, 3.8) is 0 Å². The highest BCUT2D eigenvalue weighted by molar-refractivity contribution is 5.35. The van der Waals surface area contributed by atoms with Crippen LogP contribution in [0.4, 0.5) is 0 Å². The molecule has 0 saturated carbocycles. The molecule has 2 aromatic rings. The number of rotatable bonds is 3. The zero-order valence-electron chi connectivity index (χ0n) is 10.3. The standard InChI is InChI=1S/C15H18N2/c1-11-5-3-7-13(9-11)15(17-16)14-8-4-6-12(2)10-14/h3-10,15,17H,16H2,1-2H3. The summed E-state index contributed by atoms with van der Waals surface area (Å²) in [5, 5.41) is 0. The first kappa shape index (κ1) is 11.8. The number of hydrogen-bond donors (Lipinski definition) is 2. The van der Waals surface area contributed by atoms with Crippen LogP contribution in [0.2, 0.25) is 0 Å². The van der Waals surface area contributed by atoms with Crippen molar-refractivity contribution in [2.24, 2.45) is 5.84 Å². The third-order valence-corrected chi connectivity index (χ3v) is 2.92. The first-order valence-corrected chi connectivity index (χ1v) is 5.80. The van der Waals surface area contributed by atoms with E-state index in [1.807, 2.05) is 0 Å². The molecule has 0 aliphatic carbocycles. The van der Waals surface area contributed by atoms with Gasteiger partial charge in [-0.1, -0.05) is 59.7 Å². The van der Waals surface area contributed by atoms with E-state index in [2.05, 4.69) is 67.8 Å². The topological polar surface area (TPSA) is 38.0 Å². The van der Waals surface area contributed by atoms with E-state index >= 15 is 0 Å². The molecule has 0 saturated heterocycles. The Kier molecular flexibility index (Phi) is 3.57. The van der Waals surface area contributed by atoms with E-state index in [0.29, 0.717) is 0 Å². The highest BCUT2D eigenvalue weighted by Crippen LogP contribution is 2.22. The van der Waals surface area contributed by atoms with Gasteiger partial charge in [0.05, 0.1) is 6.04 Å². The minimum absolute atomic E-state index is 0.0507. The third kappa shape index (κ3) is 2.73. The van der Waals surface area contributed by atoms with Crippen LogP contribution in [0.5, 0.6) is 0 Å². The Morgan fingerprint density at radius 3 is 1.71 bits per heavy atom. The van der Waals surface area contributed by atoms with Gasteiger partial charge in [0.1, 0.15) is 0 Å². The van der Waals surface area contributed by atoms with E-state index in [-0.39, 0.29) is 6.04 Å². The lowest BCUT2D eigenvalue weighted by Gasteiger charge is -2.17. The van der Waals surface area contributed by atoms with Crippen molar-refractivity contribution in [3.8, 4) is 0 Å². The molecule has 0 aliphatic rings. The lowest BCUT2D eigenvalue weighted by molar-refractivity contribution is 0.636. The summed E-state index contributed by atoms with van der Waals surface area (Å²) < 4.78 is 0. The van der Waals surface area contributed by atoms with Gasteiger partial charge in [-0.15, -0.1) is 0 Å². The van der Waals surface area contributed by atoms with E-state index < -0.39 is 0 Å². The van der Waals surface area contributed by atoms with E-state index in [1.54, 1.807) is 0 Å². The third-order valence-electron chi connectivity index (χ3n) is 2.92. The van der Waals surface area contributed by atoms with Crippen LogP contribution in [0.15, 0.2) is 48.5 Å². The van der Waals surface area contributed by atoms with Crippen molar-refractivity contribution in [2.45, 2.75) is 19.9 Å². The van der Waals surface area contributed by atoms with Crippen LogP contribution in [-0.2, 0) is 0 Å². The summed E-state index contributed by atoms with van der Waals surface area (Å²) in [6.07, 6.45) is 0. The molecule has 0 aliphatic heterocycles. The fourth-order valence-corrected chi connectivity index (χ4v) is 2.08. The normalized spacial score (nSPS) is 10.8. The van der Waals surface area contributed by atoms with Gasteiger partial charge >= 0.3 is 0 Å². The molecule has 0 fully saturated rings. The maximum Gasteiger partial charge on any atom is 0.0710 e. The fraction of sp³-hybridized carbons (Fsp3) is 0.200. The maximum atomic E-state index is 5.69. The summed E-state index contributed by atoms with van der Waals surface area (Å²) in [4.78, 5) is 0. The molecule has 0 unspecified atom stereocenters. The predicted octanol–water partition coefficient (Wildman–Crippen LogP) is 2.86. The van der Waals surface area contributed by atoms with Gasteiger partial charge in [0.25, 0.3) is 0 Å². The molecule has 0 atom stereocenters. The number of nitrogens with one attached hydrogen (secondary N) is 1. The van der Waals surface area contributed by atoms with Crippen LogP contribution in [0.3, 0.4) is 0 Å². The first-order chi connectivity index (χ1) is 8.20. The summed E-state index contributed by atoms with van der Waals surface area (Å²) in [5.41, 5.74) is 7.77. The number of hydrazine groups is 1. The summed E-state index contributed by atoms with van der Waals surface area (Å²) >= 11 is 0. The second-order valence-electron chi connectivity index (χ2n) is 4.43. The predicted molar refractivity (Wildman–Crippen MR) is 71.5 cm³/mol. The SMILES string of the molecule is Cc1cccc(C(NN)c2cccc(C)c2)c1. The van der Waals surface area contributed by atoms with Gasteiger partial charge in [-0.25, -0.2) is 5.43 Å². The van der Waals surface area contributed by atoms with Gasteiger partial charge in [0.15, 0.2) is 0 Å². The first-order valence-electron chi connectivity index (χ1n) is 5.80. The van der Waals surface area contributed by atoms with Crippen molar-refractivity contribution >= 4 is 0 Å². The van der Waals surface area contributed by atoms with Crippen LogP contribution in [-0.4, -0.2) is 0 Å². The zero-order valence-corrected chi connectivity index (χ0v) is 10.3. The molecule has 17 heavy (non-hydrogen) atoms. The molecule has 0 amide bonds. The largest absolute Gasteiger partial charge is 0.271 e. The smallest absolute Gasteiger partial charge is 0.0710 e. The molecule has 0 radical (unpaired) electrons. The van der Waals surface area contributed by atoms with Gasteiger partial charge in [-0.3, -0.25) is 5.84 Å². The van der Waals surface area contributed by atoms with Gasteiger partial charge in [0.2, 0.25) is 0 Å². The Balaban J connectivity index is 2.40. The molecule has 0 heterocycles. The summed E-state index contributed by atoms with van der Waals surface area (Å²) in [7, 11) is 0. The summed E-state index contributed by atoms with van der Waals surface area (Å²) in [5.74, 6) is 5.69. The van der Waals surface area contributed by atoms with Crippen LogP contribution < -0.4 is 11.3 Å². The van der Waals surface area contributed by atoms with E-state index in [4.69, 9.17) is 5.84 Å². The summed E-state index contributed by atoms with van der Waals surface area (Å²) in [6, 6.07) is 16.9. The van der Waals surface area contributed by atoms with Gasteiger partial charge in [-0.05, 0) is 25.0 Å². The number of hydrogen-bond acceptors (Lipinski definition) is 2. The summed E-state index contributed by atoms with van der Waals surface area (Å²) in [6.45, 7) is 4.18. The Bertz CT molecular complexity index is 460. The average molecular weight is 226 g/mol. The molecular weight excluding hydrogens is 208 g/mol. The minimum Gasteiger partial charge on any atom is -0.271 e. The zero-order chi connectivity index (χ0) is 12.3. The lowest BCUT2D eigenvalue weighted by atomic mass is 9.97. The second-order valence-corrected chi connectivity index (χ2v) is 4.43. The number of nitrogens with two attached hydrogens (primary N) is 1. The van der Waals surface area contributed by atoms with Gasteiger partial charge < -0.3 is 0 Å². The van der Waals surface area contributed by atoms with Crippen molar-refractivity contribution in [1.29, 1.82) is 0 Å². The van der Waals surface area contributed by atoms with Crippen LogP contribution in [0.25, 0.3) is 0 Å². The quantitative estimate of drug-likeness (QED) is 0.624. The highest BCUT2D eigenvalue weighted by Gasteiger charge is 2.11. The van der Waals surface area contributed by atoms with Crippen molar-refractivity contribution in [3.05, 3.63) is 70.8 Å². The molecule has 2 nitrogen and oxygen atoms in total.